The summed E-state index contributed by atoms with van der Waals surface area (Å²) in [5.41, 5.74) is 9.60. The molecule has 0 bridgehead atoms. The highest BCUT2D eigenvalue weighted by Gasteiger charge is 2.26. The Morgan fingerprint density at radius 3 is 2.16 bits per heavy atom. The minimum absolute atomic E-state index is 0.132. The number of nitrogen functional groups attached to an aromatic ring is 1. The molecule has 158 valence electrons. The maximum absolute atomic E-state index is 12.4. The number of fused-ring (bicyclic) bond motifs is 1. The molecule has 3 heterocycles. The van der Waals surface area contributed by atoms with Crippen LogP contribution in [-0.2, 0) is 6.54 Å². The molecule has 2 aromatic carbocycles. The fourth-order valence-corrected chi connectivity index (χ4v) is 4.55. The fourth-order valence-electron chi connectivity index (χ4n) is 4.55. The van der Waals surface area contributed by atoms with E-state index in [1.165, 1.54) is 11.1 Å². The SMILES string of the molecule is Nc1nc2[nH]cc(CN3CCN(C(c4ccccc4)c4ccccc4)CC3)c2c(=O)[nH]1. The largest absolute Gasteiger partial charge is 0.369 e. The molecule has 31 heavy (non-hydrogen) atoms. The van der Waals surface area contributed by atoms with E-state index in [4.69, 9.17) is 5.73 Å². The molecule has 4 N–H and O–H groups in total. The number of H-pyrrole nitrogens is 2. The molecule has 0 amide bonds. The van der Waals surface area contributed by atoms with Crippen LogP contribution in [0.2, 0.25) is 0 Å². The Morgan fingerprint density at radius 1 is 0.935 bits per heavy atom. The summed E-state index contributed by atoms with van der Waals surface area (Å²) in [5, 5.41) is 0.600. The fraction of sp³-hybridized carbons (Fsp3) is 0.250. The average molecular weight is 415 g/mol. The number of piperazine rings is 1. The van der Waals surface area contributed by atoms with Crippen molar-refractivity contribution in [3.8, 4) is 0 Å². The summed E-state index contributed by atoms with van der Waals surface area (Å²) in [5.74, 6) is 0.132. The third kappa shape index (κ3) is 3.97. The number of anilines is 1. The van der Waals surface area contributed by atoms with E-state index >= 15 is 0 Å². The number of aromatic amines is 2. The minimum Gasteiger partial charge on any atom is -0.369 e. The summed E-state index contributed by atoms with van der Waals surface area (Å²) in [7, 11) is 0. The van der Waals surface area contributed by atoms with Crippen molar-refractivity contribution in [2.75, 3.05) is 31.9 Å². The molecule has 5 rings (SSSR count). The monoisotopic (exact) mass is 414 g/mol. The number of aromatic nitrogens is 3. The van der Waals surface area contributed by atoms with Gasteiger partial charge in [-0.2, -0.15) is 4.98 Å². The van der Waals surface area contributed by atoms with Crippen molar-refractivity contribution in [3.05, 3.63) is 93.9 Å². The summed E-state index contributed by atoms with van der Waals surface area (Å²) in [6.07, 6.45) is 1.87. The van der Waals surface area contributed by atoms with Crippen molar-refractivity contribution >= 4 is 17.0 Å². The maximum atomic E-state index is 12.4. The molecule has 1 fully saturated rings. The van der Waals surface area contributed by atoms with Gasteiger partial charge in [0.05, 0.1) is 11.4 Å². The molecule has 7 heteroatoms. The highest BCUT2D eigenvalue weighted by Crippen LogP contribution is 2.29. The third-order valence-corrected chi connectivity index (χ3v) is 6.04. The molecule has 0 unspecified atom stereocenters. The van der Waals surface area contributed by atoms with Crippen LogP contribution >= 0.6 is 0 Å². The van der Waals surface area contributed by atoms with Gasteiger partial charge in [-0.3, -0.25) is 19.6 Å². The van der Waals surface area contributed by atoms with Gasteiger partial charge in [-0.1, -0.05) is 60.7 Å². The number of rotatable bonds is 5. The summed E-state index contributed by atoms with van der Waals surface area (Å²) in [6, 6.07) is 21.6. The Kier molecular flexibility index (Phi) is 5.28. The predicted molar refractivity (Wildman–Crippen MR) is 123 cm³/mol. The number of nitrogens with two attached hydrogens (primary N) is 1. The van der Waals surface area contributed by atoms with E-state index in [9.17, 15) is 4.79 Å². The lowest BCUT2D eigenvalue weighted by molar-refractivity contribution is 0.105. The van der Waals surface area contributed by atoms with E-state index in [0.29, 0.717) is 17.6 Å². The number of hydrogen-bond acceptors (Lipinski definition) is 5. The summed E-state index contributed by atoms with van der Waals surface area (Å²) >= 11 is 0. The van der Waals surface area contributed by atoms with E-state index in [1.807, 2.05) is 6.20 Å². The van der Waals surface area contributed by atoms with E-state index < -0.39 is 0 Å². The first kappa shape index (κ1) is 19.5. The lowest BCUT2D eigenvalue weighted by atomic mass is 9.96. The number of hydrogen-bond donors (Lipinski definition) is 3. The quantitative estimate of drug-likeness (QED) is 0.467. The molecule has 2 aromatic heterocycles. The van der Waals surface area contributed by atoms with Gasteiger partial charge >= 0.3 is 0 Å². The van der Waals surface area contributed by atoms with E-state index in [1.54, 1.807) is 0 Å². The van der Waals surface area contributed by atoms with Crippen LogP contribution in [0.25, 0.3) is 11.0 Å². The Morgan fingerprint density at radius 2 is 1.55 bits per heavy atom. The molecule has 1 aliphatic rings. The van der Waals surface area contributed by atoms with Crippen LogP contribution in [0.3, 0.4) is 0 Å². The summed E-state index contributed by atoms with van der Waals surface area (Å²) in [6.45, 7) is 4.49. The Bertz CT molecular complexity index is 1170. The summed E-state index contributed by atoms with van der Waals surface area (Å²) < 4.78 is 0. The molecule has 0 atom stereocenters. The van der Waals surface area contributed by atoms with Crippen LogP contribution in [0, 0.1) is 0 Å². The maximum Gasteiger partial charge on any atom is 0.262 e. The van der Waals surface area contributed by atoms with Crippen molar-refractivity contribution in [2.24, 2.45) is 0 Å². The average Bonchev–Trinajstić information content (AvgIpc) is 3.19. The summed E-state index contributed by atoms with van der Waals surface area (Å²) in [4.78, 5) is 27.2. The molecular formula is C24H26N6O. The van der Waals surface area contributed by atoms with Crippen LogP contribution in [0.5, 0.6) is 0 Å². The zero-order valence-corrected chi connectivity index (χ0v) is 17.3. The molecule has 0 radical (unpaired) electrons. The number of benzene rings is 2. The van der Waals surface area contributed by atoms with Gasteiger partial charge in [-0.25, -0.2) is 0 Å². The smallest absolute Gasteiger partial charge is 0.262 e. The highest BCUT2D eigenvalue weighted by molar-refractivity contribution is 5.79. The van der Waals surface area contributed by atoms with Gasteiger partial charge in [0.25, 0.3) is 5.56 Å². The zero-order chi connectivity index (χ0) is 21.2. The predicted octanol–water partition coefficient (Wildman–Crippen LogP) is 2.74. The molecule has 1 aliphatic heterocycles. The molecule has 0 spiro atoms. The molecule has 4 aromatic rings. The van der Waals surface area contributed by atoms with Crippen LogP contribution in [0.15, 0.2) is 71.7 Å². The van der Waals surface area contributed by atoms with Crippen molar-refractivity contribution in [3.63, 3.8) is 0 Å². The molecule has 0 saturated carbocycles. The molecule has 7 nitrogen and oxygen atoms in total. The topological polar surface area (TPSA) is 94.0 Å². The van der Waals surface area contributed by atoms with Gasteiger partial charge in [0.15, 0.2) is 0 Å². The second kappa shape index (κ2) is 8.37. The first-order valence-corrected chi connectivity index (χ1v) is 10.6. The minimum atomic E-state index is -0.189. The second-order valence-electron chi connectivity index (χ2n) is 8.02. The highest BCUT2D eigenvalue weighted by atomic mass is 16.1. The Hall–Kier alpha value is -3.42. The molecule has 0 aliphatic carbocycles. The standard InChI is InChI=1S/C24H26N6O/c25-24-27-22-20(23(31)28-24)19(15-26-22)16-29-11-13-30(14-12-29)21(17-7-3-1-4-8-17)18-9-5-2-6-10-18/h1-10,15,21H,11-14,16H2,(H4,25,26,27,28,31). The van der Waals surface area contributed by atoms with Gasteiger partial charge in [0.2, 0.25) is 5.95 Å². The van der Waals surface area contributed by atoms with Crippen molar-refractivity contribution < 1.29 is 0 Å². The van der Waals surface area contributed by atoms with Gasteiger partial charge in [0.1, 0.15) is 5.65 Å². The van der Waals surface area contributed by atoms with Crippen molar-refractivity contribution in [2.45, 2.75) is 12.6 Å². The first-order valence-electron chi connectivity index (χ1n) is 10.6. The Balaban J connectivity index is 1.33. The van der Waals surface area contributed by atoms with Gasteiger partial charge in [0, 0.05) is 38.9 Å². The van der Waals surface area contributed by atoms with Crippen LogP contribution in [0.4, 0.5) is 5.95 Å². The first-order chi connectivity index (χ1) is 15.2. The van der Waals surface area contributed by atoms with E-state index in [0.717, 1.165) is 31.7 Å². The zero-order valence-electron chi connectivity index (χ0n) is 17.3. The molecule has 1 saturated heterocycles. The van der Waals surface area contributed by atoms with Gasteiger partial charge in [-0.15, -0.1) is 0 Å². The lowest BCUT2D eigenvalue weighted by Crippen LogP contribution is -2.47. The number of nitrogens with zero attached hydrogens (tertiary/aromatic N) is 3. The van der Waals surface area contributed by atoms with E-state index in [-0.39, 0.29) is 17.5 Å². The third-order valence-electron chi connectivity index (χ3n) is 6.04. The van der Waals surface area contributed by atoms with Gasteiger partial charge in [-0.05, 0) is 16.7 Å². The van der Waals surface area contributed by atoms with Crippen LogP contribution in [-0.4, -0.2) is 50.9 Å². The van der Waals surface area contributed by atoms with Crippen molar-refractivity contribution in [1.82, 2.24) is 24.8 Å². The van der Waals surface area contributed by atoms with Crippen LogP contribution < -0.4 is 11.3 Å². The second-order valence-corrected chi connectivity index (χ2v) is 8.02. The normalized spacial score (nSPS) is 15.6. The van der Waals surface area contributed by atoms with Crippen molar-refractivity contribution in [1.29, 1.82) is 0 Å². The van der Waals surface area contributed by atoms with E-state index in [2.05, 4.69) is 85.4 Å². The lowest BCUT2D eigenvalue weighted by Gasteiger charge is -2.39. The van der Waals surface area contributed by atoms with Gasteiger partial charge < -0.3 is 10.7 Å². The van der Waals surface area contributed by atoms with Crippen LogP contribution in [0.1, 0.15) is 22.7 Å². The Labute approximate surface area is 180 Å². The molecular weight excluding hydrogens is 388 g/mol. The number of nitrogens with one attached hydrogen (secondary N) is 2.